The molecule has 0 aliphatic carbocycles. The molecule has 3 nitrogen and oxygen atoms in total. The van der Waals surface area contributed by atoms with Gasteiger partial charge in [0.1, 0.15) is 6.61 Å². The Morgan fingerprint density at radius 2 is 2.20 bits per heavy atom. The van der Waals surface area contributed by atoms with Gasteiger partial charge in [-0.1, -0.05) is 19.8 Å². The molecule has 3 heteroatoms. The molecular weight excluding hydrogens is 190 g/mol. The average molecular weight is 213 g/mol. The lowest BCUT2D eigenvalue weighted by atomic mass is 9.96. The van der Waals surface area contributed by atoms with Gasteiger partial charge in [-0.3, -0.25) is 4.79 Å². The Morgan fingerprint density at radius 3 is 2.87 bits per heavy atom. The summed E-state index contributed by atoms with van der Waals surface area (Å²) >= 11 is 0. The lowest BCUT2D eigenvalue weighted by molar-refractivity contribution is -0.135. The summed E-state index contributed by atoms with van der Waals surface area (Å²) in [7, 11) is 1.58. The fourth-order valence-corrected chi connectivity index (χ4v) is 2.33. The van der Waals surface area contributed by atoms with Crippen LogP contribution in [0.4, 0.5) is 0 Å². The zero-order chi connectivity index (χ0) is 11.1. The molecule has 1 aliphatic heterocycles. The zero-order valence-electron chi connectivity index (χ0n) is 10.00. The van der Waals surface area contributed by atoms with Crippen LogP contribution < -0.4 is 0 Å². The smallest absolute Gasteiger partial charge is 0.248 e. The number of hydrogen-bond acceptors (Lipinski definition) is 2. The van der Waals surface area contributed by atoms with Crippen molar-refractivity contribution in [3.63, 3.8) is 0 Å². The molecule has 1 amide bonds. The molecule has 0 radical (unpaired) electrons. The zero-order valence-corrected chi connectivity index (χ0v) is 10.00. The van der Waals surface area contributed by atoms with Crippen molar-refractivity contribution in [2.24, 2.45) is 5.92 Å². The van der Waals surface area contributed by atoms with Crippen LogP contribution in [-0.4, -0.2) is 37.6 Å². The highest BCUT2D eigenvalue weighted by atomic mass is 16.5. The van der Waals surface area contributed by atoms with Crippen molar-refractivity contribution in [3.05, 3.63) is 0 Å². The van der Waals surface area contributed by atoms with Crippen LogP contribution in [0.15, 0.2) is 0 Å². The summed E-state index contributed by atoms with van der Waals surface area (Å²) in [6.07, 6.45) is 6.18. The molecule has 0 aromatic rings. The van der Waals surface area contributed by atoms with Crippen LogP contribution in [-0.2, 0) is 9.53 Å². The second kappa shape index (κ2) is 6.83. The first kappa shape index (κ1) is 12.5. The van der Waals surface area contributed by atoms with Crippen LogP contribution in [0.25, 0.3) is 0 Å². The number of likely N-dealkylation sites (tertiary alicyclic amines) is 1. The van der Waals surface area contributed by atoms with Crippen molar-refractivity contribution in [2.45, 2.75) is 39.0 Å². The molecule has 1 unspecified atom stereocenters. The van der Waals surface area contributed by atoms with E-state index in [-0.39, 0.29) is 12.5 Å². The number of nitrogens with zero attached hydrogens (tertiary/aromatic N) is 1. The van der Waals surface area contributed by atoms with Crippen LogP contribution in [0.3, 0.4) is 0 Å². The monoisotopic (exact) mass is 213 g/mol. The second-order valence-corrected chi connectivity index (χ2v) is 4.40. The fraction of sp³-hybridized carbons (Fsp3) is 0.917. The van der Waals surface area contributed by atoms with Gasteiger partial charge in [0.15, 0.2) is 0 Å². The minimum atomic E-state index is 0.148. The van der Waals surface area contributed by atoms with E-state index >= 15 is 0 Å². The van der Waals surface area contributed by atoms with Crippen molar-refractivity contribution in [2.75, 3.05) is 26.8 Å². The van der Waals surface area contributed by atoms with Crippen LogP contribution >= 0.6 is 0 Å². The molecule has 1 atom stereocenters. The third-order valence-electron chi connectivity index (χ3n) is 3.17. The van der Waals surface area contributed by atoms with Crippen molar-refractivity contribution in [3.8, 4) is 0 Å². The number of rotatable bonds is 4. The van der Waals surface area contributed by atoms with Gasteiger partial charge in [0, 0.05) is 20.2 Å². The first-order chi connectivity index (χ1) is 7.27. The van der Waals surface area contributed by atoms with Crippen molar-refractivity contribution in [1.29, 1.82) is 0 Å². The van der Waals surface area contributed by atoms with E-state index in [4.69, 9.17) is 4.74 Å². The highest BCUT2D eigenvalue weighted by Gasteiger charge is 2.19. The van der Waals surface area contributed by atoms with E-state index in [1.54, 1.807) is 7.11 Å². The van der Waals surface area contributed by atoms with Gasteiger partial charge in [-0.2, -0.15) is 0 Å². The van der Waals surface area contributed by atoms with Gasteiger partial charge in [0.25, 0.3) is 0 Å². The average Bonchev–Trinajstić information content (AvgIpc) is 2.44. The number of methoxy groups -OCH3 is 1. The Bertz CT molecular complexity index is 194. The molecule has 1 saturated heterocycles. The van der Waals surface area contributed by atoms with E-state index in [2.05, 4.69) is 6.92 Å². The molecule has 0 aromatic heterocycles. The minimum Gasteiger partial charge on any atom is -0.375 e. The topological polar surface area (TPSA) is 29.5 Å². The summed E-state index contributed by atoms with van der Waals surface area (Å²) in [5.74, 6) is 0.977. The summed E-state index contributed by atoms with van der Waals surface area (Å²) in [4.78, 5) is 13.6. The normalized spacial score (nSPS) is 22.5. The molecule has 1 fully saturated rings. The molecule has 0 spiro atoms. The quantitative estimate of drug-likeness (QED) is 0.715. The number of ether oxygens (including phenoxy) is 1. The Labute approximate surface area is 92.8 Å². The predicted octanol–water partition coefficient (Wildman–Crippen LogP) is 2.06. The van der Waals surface area contributed by atoms with E-state index in [1.807, 2.05) is 4.90 Å². The summed E-state index contributed by atoms with van der Waals surface area (Å²) in [6, 6.07) is 0. The van der Waals surface area contributed by atoms with Crippen molar-refractivity contribution >= 4 is 5.91 Å². The second-order valence-electron chi connectivity index (χ2n) is 4.40. The maximum absolute atomic E-state index is 11.6. The molecule has 0 aromatic carbocycles. The highest BCUT2D eigenvalue weighted by molar-refractivity contribution is 5.77. The fourth-order valence-electron chi connectivity index (χ4n) is 2.33. The molecule has 1 aliphatic rings. The SMILES string of the molecule is CCCC1CCCN(C(=O)COC)CC1. The molecule has 88 valence electrons. The van der Waals surface area contributed by atoms with E-state index in [0.29, 0.717) is 0 Å². The molecular formula is C12H23NO2. The third kappa shape index (κ3) is 4.20. The van der Waals surface area contributed by atoms with E-state index in [1.165, 1.54) is 25.7 Å². The Morgan fingerprint density at radius 1 is 1.40 bits per heavy atom. The Balaban J connectivity index is 2.35. The third-order valence-corrected chi connectivity index (χ3v) is 3.17. The molecule has 1 heterocycles. The lowest BCUT2D eigenvalue weighted by Crippen LogP contribution is -2.34. The van der Waals surface area contributed by atoms with Crippen LogP contribution in [0, 0.1) is 5.92 Å². The van der Waals surface area contributed by atoms with Crippen LogP contribution in [0.1, 0.15) is 39.0 Å². The predicted molar refractivity (Wildman–Crippen MR) is 60.7 cm³/mol. The Hall–Kier alpha value is -0.570. The van der Waals surface area contributed by atoms with Crippen LogP contribution in [0.2, 0.25) is 0 Å². The van der Waals surface area contributed by atoms with Gasteiger partial charge < -0.3 is 9.64 Å². The summed E-state index contributed by atoms with van der Waals surface area (Å²) in [5.41, 5.74) is 0. The van der Waals surface area contributed by atoms with E-state index in [0.717, 1.165) is 25.4 Å². The van der Waals surface area contributed by atoms with Crippen LogP contribution in [0.5, 0.6) is 0 Å². The molecule has 0 N–H and O–H groups in total. The summed E-state index contributed by atoms with van der Waals surface area (Å²) in [6.45, 7) is 4.31. The highest BCUT2D eigenvalue weighted by Crippen LogP contribution is 2.21. The summed E-state index contributed by atoms with van der Waals surface area (Å²) in [5, 5.41) is 0. The van der Waals surface area contributed by atoms with Gasteiger partial charge in [-0.15, -0.1) is 0 Å². The van der Waals surface area contributed by atoms with Gasteiger partial charge in [-0.05, 0) is 25.2 Å². The summed E-state index contributed by atoms with van der Waals surface area (Å²) < 4.78 is 4.88. The number of hydrogen-bond donors (Lipinski definition) is 0. The van der Waals surface area contributed by atoms with Crippen molar-refractivity contribution in [1.82, 2.24) is 4.90 Å². The van der Waals surface area contributed by atoms with Gasteiger partial charge in [0.05, 0.1) is 0 Å². The number of carbonyl (C=O) groups excluding carboxylic acids is 1. The van der Waals surface area contributed by atoms with Crippen molar-refractivity contribution < 1.29 is 9.53 Å². The first-order valence-corrected chi connectivity index (χ1v) is 6.04. The van der Waals surface area contributed by atoms with E-state index < -0.39 is 0 Å². The standard InChI is InChI=1S/C12H23NO2/c1-3-5-11-6-4-8-13(9-7-11)12(14)10-15-2/h11H,3-10H2,1-2H3. The van der Waals surface area contributed by atoms with E-state index in [9.17, 15) is 4.79 Å². The lowest BCUT2D eigenvalue weighted by Gasteiger charge is -2.20. The van der Waals surface area contributed by atoms with Gasteiger partial charge >= 0.3 is 0 Å². The Kier molecular flexibility index (Phi) is 5.69. The largest absolute Gasteiger partial charge is 0.375 e. The molecule has 0 saturated carbocycles. The maximum atomic E-state index is 11.6. The maximum Gasteiger partial charge on any atom is 0.248 e. The first-order valence-electron chi connectivity index (χ1n) is 6.04. The molecule has 1 rings (SSSR count). The van der Waals surface area contributed by atoms with Gasteiger partial charge in [-0.25, -0.2) is 0 Å². The minimum absolute atomic E-state index is 0.148. The molecule has 0 bridgehead atoms. The number of amides is 1. The molecule has 15 heavy (non-hydrogen) atoms. The number of carbonyl (C=O) groups is 1. The van der Waals surface area contributed by atoms with Gasteiger partial charge in [0.2, 0.25) is 5.91 Å².